The van der Waals surface area contributed by atoms with Crippen LogP contribution in [0.1, 0.15) is 0 Å². The van der Waals surface area contributed by atoms with Gasteiger partial charge < -0.3 is 13.9 Å². The second-order valence-corrected chi connectivity index (χ2v) is 16.2. The highest BCUT2D eigenvalue weighted by atomic mass is 16.3. The van der Waals surface area contributed by atoms with Crippen molar-refractivity contribution in [2.24, 2.45) is 0 Å². The lowest BCUT2D eigenvalue weighted by atomic mass is 9.93. The number of para-hydroxylation sites is 3. The largest absolute Gasteiger partial charge is 0.456 e. The van der Waals surface area contributed by atoms with E-state index in [-0.39, 0.29) is 0 Å². The fourth-order valence-corrected chi connectivity index (χ4v) is 9.30. The highest BCUT2D eigenvalue weighted by Crippen LogP contribution is 2.42. The molecule has 63 heavy (non-hydrogen) atoms. The molecule has 0 amide bonds. The van der Waals surface area contributed by atoms with Crippen LogP contribution in [0, 0.1) is 0 Å². The number of aromatic nitrogens is 1. The van der Waals surface area contributed by atoms with Crippen LogP contribution >= 0.6 is 0 Å². The first-order chi connectivity index (χ1) is 31.2. The van der Waals surface area contributed by atoms with Gasteiger partial charge in [0.1, 0.15) is 11.2 Å². The van der Waals surface area contributed by atoms with Gasteiger partial charge in [-0.2, -0.15) is 0 Å². The highest BCUT2D eigenvalue weighted by molar-refractivity contribution is 6.10. The van der Waals surface area contributed by atoms with Crippen molar-refractivity contribution in [3.63, 3.8) is 0 Å². The summed E-state index contributed by atoms with van der Waals surface area (Å²) in [4.78, 5) is 2.37. The lowest BCUT2D eigenvalue weighted by Gasteiger charge is -2.26. The molecule has 0 aliphatic carbocycles. The molecule has 0 spiro atoms. The summed E-state index contributed by atoms with van der Waals surface area (Å²) in [5, 5.41) is 4.72. The Balaban J connectivity index is 0.988. The Kier molecular flexibility index (Phi) is 8.83. The van der Waals surface area contributed by atoms with Crippen LogP contribution in [0.25, 0.3) is 93.9 Å². The second-order valence-electron chi connectivity index (χ2n) is 16.2. The molecular weight excluding hydrogens is 765 g/mol. The lowest BCUT2D eigenvalue weighted by Crippen LogP contribution is -2.10. The maximum Gasteiger partial charge on any atom is 0.136 e. The number of anilines is 3. The molecule has 12 aromatic rings. The van der Waals surface area contributed by atoms with Gasteiger partial charge in [0.2, 0.25) is 0 Å². The van der Waals surface area contributed by atoms with Crippen molar-refractivity contribution >= 4 is 60.8 Å². The Labute approximate surface area is 366 Å². The zero-order valence-electron chi connectivity index (χ0n) is 34.4. The van der Waals surface area contributed by atoms with Crippen LogP contribution in [0.15, 0.2) is 247 Å². The van der Waals surface area contributed by atoms with Crippen molar-refractivity contribution < 1.29 is 4.42 Å². The molecule has 0 N–H and O–H groups in total. The Hall–Kier alpha value is -8.40. The molecule has 0 radical (unpaired) electrons. The van der Waals surface area contributed by atoms with Gasteiger partial charge in [-0.3, -0.25) is 0 Å². The van der Waals surface area contributed by atoms with Gasteiger partial charge >= 0.3 is 0 Å². The summed E-state index contributed by atoms with van der Waals surface area (Å²) in [7, 11) is 0. The molecule has 0 fully saturated rings. The van der Waals surface area contributed by atoms with Crippen LogP contribution in [0.5, 0.6) is 0 Å². The van der Waals surface area contributed by atoms with E-state index in [1.807, 2.05) is 12.1 Å². The maximum atomic E-state index is 6.28. The van der Waals surface area contributed by atoms with Crippen molar-refractivity contribution in [2.75, 3.05) is 4.90 Å². The Morgan fingerprint density at radius 3 is 1.35 bits per heavy atom. The number of benzene rings is 10. The first-order valence-electron chi connectivity index (χ1n) is 21.5. The topological polar surface area (TPSA) is 21.3 Å². The van der Waals surface area contributed by atoms with Crippen LogP contribution < -0.4 is 4.90 Å². The summed E-state index contributed by atoms with van der Waals surface area (Å²) in [5.74, 6) is 0. The van der Waals surface area contributed by atoms with Crippen LogP contribution in [-0.2, 0) is 0 Å². The van der Waals surface area contributed by atoms with Gasteiger partial charge in [-0.1, -0.05) is 152 Å². The monoisotopic (exact) mass is 804 g/mol. The third kappa shape index (κ3) is 6.55. The Morgan fingerprint density at radius 1 is 0.270 bits per heavy atom. The molecule has 12 rings (SSSR count). The third-order valence-corrected chi connectivity index (χ3v) is 12.4. The zero-order valence-corrected chi connectivity index (χ0v) is 34.4. The minimum absolute atomic E-state index is 0.895. The minimum atomic E-state index is 0.895. The molecule has 0 aliphatic heterocycles. The van der Waals surface area contributed by atoms with Gasteiger partial charge in [-0.05, 0) is 136 Å². The van der Waals surface area contributed by atoms with E-state index in [0.29, 0.717) is 0 Å². The quantitative estimate of drug-likeness (QED) is 0.153. The summed E-state index contributed by atoms with van der Waals surface area (Å²) in [5.41, 5.74) is 17.8. The second kappa shape index (κ2) is 15.3. The number of fused-ring (bicyclic) bond motifs is 6. The van der Waals surface area contributed by atoms with E-state index in [1.54, 1.807) is 0 Å². The predicted molar refractivity (Wildman–Crippen MR) is 264 cm³/mol. The first-order valence-corrected chi connectivity index (χ1v) is 21.5. The summed E-state index contributed by atoms with van der Waals surface area (Å²) in [6, 6.07) is 87.2. The fourth-order valence-electron chi connectivity index (χ4n) is 9.30. The predicted octanol–water partition coefficient (Wildman–Crippen LogP) is 16.8. The van der Waals surface area contributed by atoms with E-state index >= 15 is 0 Å². The van der Waals surface area contributed by atoms with E-state index in [4.69, 9.17) is 4.42 Å². The molecule has 0 bridgehead atoms. The fraction of sp³-hybridized carbons (Fsp3) is 0. The smallest absolute Gasteiger partial charge is 0.136 e. The lowest BCUT2D eigenvalue weighted by molar-refractivity contribution is 0.669. The zero-order chi connectivity index (χ0) is 41.7. The highest BCUT2D eigenvalue weighted by Gasteiger charge is 2.19. The van der Waals surface area contributed by atoms with Crippen LogP contribution in [-0.4, -0.2) is 4.57 Å². The molecule has 296 valence electrons. The normalized spacial score (nSPS) is 11.5. The van der Waals surface area contributed by atoms with E-state index in [0.717, 1.165) is 66.9 Å². The van der Waals surface area contributed by atoms with Crippen molar-refractivity contribution in [2.45, 2.75) is 0 Å². The van der Waals surface area contributed by atoms with E-state index in [9.17, 15) is 0 Å². The molecule has 0 aliphatic rings. The van der Waals surface area contributed by atoms with Crippen LogP contribution in [0.2, 0.25) is 0 Å². The minimum Gasteiger partial charge on any atom is -0.456 e. The summed E-state index contributed by atoms with van der Waals surface area (Å²) in [6.45, 7) is 0. The molecule has 0 saturated heterocycles. The number of furan rings is 1. The molecule has 10 aromatic carbocycles. The average molecular weight is 805 g/mol. The van der Waals surface area contributed by atoms with Gasteiger partial charge in [0, 0.05) is 44.3 Å². The standard InChI is InChI=1S/C60H40N2O/c1-4-14-41(15-5-1)46-36-47(42-16-6-2-7-17-42)38-48(37-46)44-26-31-51(32-27-44)61(50-29-24-43(25-30-50)45-28-34-56-55-21-11-13-23-59(55)63-60(56)39-45)52-33-35-54-53-20-10-12-22-57(53)62(58(54)40-52)49-18-8-3-9-19-49/h1-40H. The van der Waals surface area contributed by atoms with E-state index in [1.165, 1.54) is 44.1 Å². The number of hydrogen-bond donors (Lipinski definition) is 0. The van der Waals surface area contributed by atoms with Crippen molar-refractivity contribution in [3.8, 4) is 50.2 Å². The Morgan fingerprint density at radius 2 is 0.714 bits per heavy atom. The molecule has 0 unspecified atom stereocenters. The summed E-state index contributed by atoms with van der Waals surface area (Å²) >= 11 is 0. The van der Waals surface area contributed by atoms with Crippen LogP contribution in [0.4, 0.5) is 17.1 Å². The van der Waals surface area contributed by atoms with Gasteiger partial charge in [0.25, 0.3) is 0 Å². The summed E-state index contributed by atoms with van der Waals surface area (Å²) < 4.78 is 8.67. The molecule has 3 nitrogen and oxygen atoms in total. The van der Waals surface area contributed by atoms with Gasteiger partial charge in [-0.15, -0.1) is 0 Å². The SMILES string of the molecule is c1ccc(-c2cc(-c3ccccc3)cc(-c3ccc(N(c4ccc(-c5ccc6c(c5)oc5ccccc56)cc4)c4ccc5c6ccccc6n(-c6ccccc6)c5c4)cc3)c2)cc1. The van der Waals surface area contributed by atoms with Gasteiger partial charge in [0.05, 0.1) is 11.0 Å². The first kappa shape index (κ1) is 36.5. The molecular formula is C60H40N2O. The van der Waals surface area contributed by atoms with Crippen LogP contribution in [0.3, 0.4) is 0 Å². The molecule has 3 heteroatoms. The molecule has 0 atom stereocenters. The average Bonchev–Trinajstić information content (AvgIpc) is 3.90. The van der Waals surface area contributed by atoms with E-state index < -0.39 is 0 Å². The van der Waals surface area contributed by atoms with Crippen molar-refractivity contribution in [3.05, 3.63) is 243 Å². The Bertz CT molecular complexity index is 3530. The summed E-state index contributed by atoms with van der Waals surface area (Å²) in [6.07, 6.45) is 0. The van der Waals surface area contributed by atoms with Crippen molar-refractivity contribution in [1.82, 2.24) is 4.57 Å². The van der Waals surface area contributed by atoms with E-state index in [2.05, 4.69) is 240 Å². The molecule has 2 aromatic heterocycles. The number of rotatable bonds is 8. The molecule has 0 saturated carbocycles. The number of nitrogens with zero attached hydrogens (tertiary/aromatic N) is 2. The van der Waals surface area contributed by atoms with Gasteiger partial charge in [-0.25, -0.2) is 0 Å². The maximum absolute atomic E-state index is 6.28. The number of hydrogen-bond acceptors (Lipinski definition) is 2. The third-order valence-electron chi connectivity index (χ3n) is 12.4. The molecule has 2 heterocycles. The van der Waals surface area contributed by atoms with Gasteiger partial charge in [0.15, 0.2) is 0 Å². The van der Waals surface area contributed by atoms with Crippen molar-refractivity contribution in [1.29, 1.82) is 0 Å².